The van der Waals surface area contributed by atoms with Crippen molar-refractivity contribution in [2.24, 2.45) is 0 Å². The Kier molecular flexibility index (Phi) is 3.08. The molecule has 0 radical (unpaired) electrons. The third-order valence-electron chi connectivity index (χ3n) is 1.74. The molecule has 0 bridgehead atoms. The van der Waals surface area contributed by atoms with Gasteiger partial charge in [0.05, 0.1) is 5.56 Å². The maximum absolute atomic E-state index is 12.6. The molecule has 0 heterocycles. The number of benzene rings is 1. The van der Waals surface area contributed by atoms with Crippen LogP contribution in [0, 0.1) is 0 Å². The van der Waals surface area contributed by atoms with Crippen molar-refractivity contribution in [3.05, 3.63) is 35.4 Å². The molecule has 14 heavy (non-hydrogen) atoms. The highest BCUT2D eigenvalue weighted by Crippen LogP contribution is 2.30. The molecule has 0 saturated carbocycles. The van der Waals surface area contributed by atoms with Crippen LogP contribution in [0.2, 0.25) is 0 Å². The molecule has 0 aliphatic rings. The van der Waals surface area contributed by atoms with Crippen LogP contribution in [0.15, 0.2) is 24.3 Å². The van der Waals surface area contributed by atoms with Gasteiger partial charge in [0.15, 0.2) is 6.17 Å². The zero-order chi connectivity index (χ0) is 10.8. The monoisotopic (exact) mass is 210 g/mol. The molecule has 0 amide bonds. The second-order valence-electron chi connectivity index (χ2n) is 2.74. The molecule has 0 aromatic heterocycles. The van der Waals surface area contributed by atoms with Crippen LogP contribution in [0.25, 0.3) is 0 Å². The van der Waals surface area contributed by atoms with E-state index in [-0.39, 0.29) is 5.56 Å². The number of halogens is 5. The van der Waals surface area contributed by atoms with Crippen LogP contribution in [0.3, 0.4) is 0 Å². The van der Waals surface area contributed by atoms with Gasteiger partial charge in [0, 0.05) is 0 Å². The first-order valence-corrected chi connectivity index (χ1v) is 3.82. The van der Waals surface area contributed by atoms with Gasteiger partial charge in [0.1, 0.15) is 6.67 Å². The van der Waals surface area contributed by atoms with Gasteiger partial charge in [-0.05, 0) is 17.7 Å². The molecule has 0 nitrogen and oxygen atoms in total. The summed E-state index contributed by atoms with van der Waals surface area (Å²) < 4.78 is 60.6. The van der Waals surface area contributed by atoms with E-state index in [1.165, 1.54) is 0 Å². The molecule has 0 unspecified atom stereocenters. The SMILES string of the molecule is FC[C@@H](F)c1ccc(C(F)(F)F)cc1. The molecule has 0 saturated heterocycles. The van der Waals surface area contributed by atoms with Crippen LogP contribution in [0.4, 0.5) is 22.0 Å². The molecule has 0 fully saturated rings. The Bertz CT molecular complexity index is 287. The summed E-state index contributed by atoms with van der Waals surface area (Å²) in [5, 5.41) is 0. The van der Waals surface area contributed by atoms with Gasteiger partial charge in [-0.15, -0.1) is 0 Å². The van der Waals surface area contributed by atoms with E-state index in [1.54, 1.807) is 0 Å². The highest BCUT2D eigenvalue weighted by atomic mass is 19.4. The minimum atomic E-state index is -4.44. The lowest BCUT2D eigenvalue weighted by molar-refractivity contribution is -0.137. The number of hydrogen-bond donors (Lipinski definition) is 0. The summed E-state index contributed by atoms with van der Waals surface area (Å²) in [6, 6.07) is 3.34. The molecular formula is C9H7F5. The number of alkyl halides is 5. The fourth-order valence-electron chi connectivity index (χ4n) is 0.970. The molecule has 0 spiro atoms. The van der Waals surface area contributed by atoms with Gasteiger partial charge in [-0.3, -0.25) is 0 Å². The second-order valence-corrected chi connectivity index (χ2v) is 2.74. The average Bonchev–Trinajstić information content (AvgIpc) is 2.15. The van der Waals surface area contributed by atoms with Crippen molar-refractivity contribution in [3.8, 4) is 0 Å². The lowest BCUT2D eigenvalue weighted by Gasteiger charge is -2.08. The molecule has 5 heteroatoms. The molecule has 0 aliphatic carbocycles. The Labute approximate surface area is 77.4 Å². The standard InChI is InChI=1S/C9H7F5/c10-5-8(11)6-1-3-7(4-2-6)9(12,13)14/h1-4,8H,5H2/t8-/m1/s1. The van der Waals surface area contributed by atoms with Crippen LogP contribution in [-0.2, 0) is 6.18 Å². The van der Waals surface area contributed by atoms with Crippen LogP contribution in [0.5, 0.6) is 0 Å². The van der Waals surface area contributed by atoms with Gasteiger partial charge in [0.25, 0.3) is 0 Å². The van der Waals surface area contributed by atoms with Crippen LogP contribution >= 0.6 is 0 Å². The van der Waals surface area contributed by atoms with Gasteiger partial charge >= 0.3 is 6.18 Å². The molecule has 0 N–H and O–H groups in total. The minimum Gasteiger partial charge on any atom is -0.248 e. The topological polar surface area (TPSA) is 0 Å². The molecule has 1 atom stereocenters. The third-order valence-corrected chi connectivity index (χ3v) is 1.74. The maximum Gasteiger partial charge on any atom is 0.416 e. The van der Waals surface area contributed by atoms with E-state index >= 15 is 0 Å². The quantitative estimate of drug-likeness (QED) is 0.653. The van der Waals surface area contributed by atoms with Crippen molar-refractivity contribution in [1.82, 2.24) is 0 Å². The van der Waals surface area contributed by atoms with Gasteiger partial charge in [-0.2, -0.15) is 13.2 Å². The summed E-state index contributed by atoms with van der Waals surface area (Å²) >= 11 is 0. The first-order chi connectivity index (χ1) is 6.45. The number of hydrogen-bond acceptors (Lipinski definition) is 0. The van der Waals surface area contributed by atoms with E-state index in [1.807, 2.05) is 0 Å². The first kappa shape index (κ1) is 10.9. The lowest BCUT2D eigenvalue weighted by Crippen LogP contribution is -2.05. The van der Waals surface area contributed by atoms with Gasteiger partial charge in [-0.25, -0.2) is 8.78 Å². The van der Waals surface area contributed by atoms with Crippen molar-refractivity contribution in [2.75, 3.05) is 6.67 Å². The minimum absolute atomic E-state index is 0.0829. The molecule has 1 aromatic rings. The average molecular weight is 210 g/mol. The predicted molar refractivity (Wildman–Crippen MR) is 41.3 cm³/mol. The lowest BCUT2D eigenvalue weighted by atomic mass is 10.1. The summed E-state index contributed by atoms with van der Waals surface area (Å²) in [5.74, 6) is 0. The Morgan fingerprint density at radius 1 is 1.07 bits per heavy atom. The first-order valence-electron chi connectivity index (χ1n) is 3.82. The largest absolute Gasteiger partial charge is 0.416 e. The molecular weight excluding hydrogens is 203 g/mol. The van der Waals surface area contributed by atoms with E-state index in [0.29, 0.717) is 0 Å². The highest BCUT2D eigenvalue weighted by molar-refractivity contribution is 5.26. The zero-order valence-electron chi connectivity index (χ0n) is 6.98. The smallest absolute Gasteiger partial charge is 0.248 e. The van der Waals surface area contributed by atoms with Crippen molar-refractivity contribution in [3.63, 3.8) is 0 Å². The summed E-state index contributed by atoms with van der Waals surface area (Å²) in [6.07, 6.45) is -6.29. The van der Waals surface area contributed by atoms with Gasteiger partial charge in [-0.1, -0.05) is 12.1 Å². The third kappa shape index (κ3) is 2.43. The normalized spacial score (nSPS) is 14.1. The van der Waals surface area contributed by atoms with E-state index in [0.717, 1.165) is 24.3 Å². The fraction of sp³-hybridized carbons (Fsp3) is 0.333. The molecule has 1 rings (SSSR count). The van der Waals surface area contributed by atoms with Crippen molar-refractivity contribution >= 4 is 0 Å². The summed E-state index contributed by atoms with van der Waals surface area (Å²) in [7, 11) is 0. The van der Waals surface area contributed by atoms with Crippen molar-refractivity contribution in [1.29, 1.82) is 0 Å². The van der Waals surface area contributed by atoms with Crippen LogP contribution < -0.4 is 0 Å². The Hall–Kier alpha value is -1.13. The summed E-state index contributed by atoms with van der Waals surface area (Å²) in [4.78, 5) is 0. The summed E-state index contributed by atoms with van der Waals surface area (Å²) in [6.45, 7) is -1.23. The van der Waals surface area contributed by atoms with Crippen LogP contribution in [-0.4, -0.2) is 6.67 Å². The Morgan fingerprint density at radius 3 is 1.93 bits per heavy atom. The molecule has 1 aromatic carbocycles. The van der Waals surface area contributed by atoms with Crippen molar-refractivity contribution in [2.45, 2.75) is 12.3 Å². The van der Waals surface area contributed by atoms with Gasteiger partial charge in [0.2, 0.25) is 0 Å². The Balaban J connectivity index is 2.89. The molecule has 78 valence electrons. The second kappa shape index (κ2) is 3.94. The van der Waals surface area contributed by atoms with Crippen molar-refractivity contribution < 1.29 is 22.0 Å². The fourth-order valence-corrected chi connectivity index (χ4v) is 0.970. The number of rotatable bonds is 2. The predicted octanol–water partition coefficient (Wildman–Crippen LogP) is 3.69. The van der Waals surface area contributed by atoms with E-state index in [4.69, 9.17) is 0 Å². The van der Waals surface area contributed by atoms with E-state index < -0.39 is 24.6 Å². The maximum atomic E-state index is 12.6. The Morgan fingerprint density at radius 2 is 1.57 bits per heavy atom. The molecule has 0 aliphatic heterocycles. The summed E-state index contributed by atoms with van der Waals surface area (Å²) in [5.41, 5.74) is -0.951. The zero-order valence-corrected chi connectivity index (χ0v) is 6.98. The van der Waals surface area contributed by atoms with E-state index in [2.05, 4.69) is 0 Å². The van der Waals surface area contributed by atoms with Gasteiger partial charge < -0.3 is 0 Å². The highest BCUT2D eigenvalue weighted by Gasteiger charge is 2.30. The van der Waals surface area contributed by atoms with E-state index in [9.17, 15) is 22.0 Å². The van der Waals surface area contributed by atoms with Crippen LogP contribution in [0.1, 0.15) is 17.3 Å².